The van der Waals surface area contributed by atoms with Crippen molar-refractivity contribution in [1.82, 2.24) is 14.8 Å². The van der Waals surface area contributed by atoms with Crippen LogP contribution in [-0.4, -0.2) is 46.2 Å². The van der Waals surface area contributed by atoms with E-state index in [0.29, 0.717) is 6.04 Å². The molecule has 1 fully saturated rings. The Bertz CT molecular complexity index is 685. The first-order valence-electron chi connectivity index (χ1n) is 9.09. The summed E-state index contributed by atoms with van der Waals surface area (Å²) >= 11 is 1.57. The van der Waals surface area contributed by atoms with Gasteiger partial charge in [-0.25, -0.2) is 0 Å². The summed E-state index contributed by atoms with van der Waals surface area (Å²) in [6, 6.07) is 6.87. The molecule has 0 aromatic carbocycles. The Morgan fingerprint density at radius 1 is 1.36 bits per heavy atom. The largest absolute Gasteiger partial charge is 0.297 e. The van der Waals surface area contributed by atoms with Crippen molar-refractivity contribution in [2.45, 2.75) is 45.8 Å². The maximum absolute atomic E-state index is 11.5. The zero-order valence-electron chi connectivity index (χ0n) is 15.1. The molecule has 0 amide bonds. The quantitative estimate of drug-likeness (QED) is 0.706. The first-order valence-corrected chi connectivity index (χ1v) is 9.97. The van der Waals surface area contributed by atoms with Gasteiger partial charge in [-0.3, -0.25) is 19.6 Å². The molecule has 0 N–H and O–H groups in total. The molecular weight excluding hydrogens is 330 g/mol. The minimum atomic E-state index is 0.169. The molecule has 0 bridgehead atoms. The Labute approximate surface area is 154 Å². The van der Waals surface area contributed by atoms with Gasteiger partial charge in [-0.2, -0.15) is 0 Å². The van der Waals surface area contributed by atoms with E-state index in [1.54, 1.807) is 18.3 Å². The van der Waals surface area contributed by atoms with Crippen LogP contribution in [0.4, 0.5) is 0 Å². The van der Waals surface area contributed by atoms with Crippen molar-refractivity contribution in [3.05, 3.63) is 52.0 Å². The Morgan fingerprint density at radius 2 is 2.16 bits per heavy atom. The number of hydrogen-bond acceptors (Lipinski definition) is 5. The molecular formula is C20H27N3OS. The molecule has 1 aliphatic heterocycles. The van der Waals surface area contributed by atoms with Gasteiger partial charge in [0.05, 0.1) is 4.88 Å². The molecule has 134 valence electrons. The molecule has 0 radical (unpaired) electrons. The number of thiophene rings is 1. The maximum atomic E-state index is 11.5. The lowest BCUT2D eigenvalue weighted by atomic mass is 10.0. The van der Waals surface area contributed by atoms with Crippen LogP contribution in [0.1, 0.15) is 47.5 Å². The number of Topliss-reactive ketones (excluding diaryl/α,β-unsaturated/α-hetero) is 1. The summed E-state index contributed by atoms with van der Waals surface area (Å²) in [5.41, 5.74) is 2.60. The number of rotatable bonds is 7. The van der Waals surface area contributed by atoms with Crippen molar-refractivity contribution in [3.8, 4) is 0 Å². The van der Waals surface area contributed by atoms with Crippen LogP contribution in [-0.2, 0) is 13.1 Å². The number of aromatic nitrogens is 1. The minimum absolute atomic E-state index is 0.169. The average molecular weight is 358 g/mol. The third-order valence-corrected chi connectivity index (χ3v) is 6.03. The SMILES string of the molecule is CCN(Cc1ccncc1)C1CCCN(Cc2csc(C(C)=O)c2)C1. The van der Waals surface area contributed by atoms with Crippen LogP contribution in [0.2, 0.25) is 0 Å². The monoisotopic (exact) mass is 357 g/mol. The Morgan fingerprint density at radius 3 is 2.84 bits per heavy atom. The average Bonchev–Trinajstić information content (AvgIpc) is 3.09. The van der Waals surface area contributed by atoms with E-state index in [2.05, 4.69) is 45.3 Å². The van der Waals surface area contributed by atoms with E-state index in [4.69, 9.17) is 0 Å². The van der Waals surface area contributed by atoms with Crippen molar-refractivity contribution in [2.75, 3.05) is 19.6 Å². The van der Waals surface area contributed by atoms with E-state index >= 15 is 0 Å². The van der Waals surface area contributed by atoms with Gasteiger partial charge in [0.15, 0.2) is 5.78 Å². The highest BCUT2D eigenvalue weighted by Crippen LogP contribution is 2.22. The van der Waals surface area contributed by atoms with Gasteiger partial charge >= 0.3 is 0 Å². The predicted molar refractivity (Wildman–Crippen MR) is 103 cm³/mol. The zero-order chi connectivity index (χ0) is 17.6. The lowest BCUT2D eigenvalue weighted by molar-refractivity contribution is 0.0918. The van der Waals surface area contributed by atoms with Crippen LogP contribution in [0.5, 0.6) is 0 Å². The molecule has 1 unspecified atom stereocenters. The summed E-state index contributed by atoms with van der Waals surface area (Å²) in [5.74, 6) is 0.169. The zero-order valence-corrected chi connectivity index (χ0v) is 16.0. The summed E-state index contributed by atoms with van der Waals surface area (Å²) in [6.07, 6.45) is 6.25. The first kappa shape index (κ1) is 18.2. The van der Waals surface area contributed by atoms with Gasteiger partial charge in [-0.05, 0) is 67.6 Å². The van der Waals surface area contributed by atoms with Crippen molar-refractivity contribution < 1.29 is 4.79 Å². The summed E-state index contributed by atoms with van der Waals surface area (Å²) in [5, 5.41) is 2.13. The molecule has 25 heavy (non-hydrogen) atoms. The van der Waals surface area contributed by atoms with E-state index in [-0.39, 0.29) is 5.78 Å². The van der Waals surface area contributed by atoms with Crippen molar-refractivity contribution >= 4 is 17.1 Å². The smallest absolute Gasteiger partial charge is 0.169 e. The molecule has 5 heteroatoms. The van der Waals surface area contributed by atoms with Gasteiger partial charge in [0, 0.05) is 38.1 Å². The fraction of sp³-hybridized carbons (Fsp3) is 0.500. The maximum Gasteiger partial charge on any atom is 0.169 e. The van der Waals surface area contributed by atoms with Crippen LogP contribution in [0.3, 0.4) is 0 Å². The van der Waals surface area contributed by atoms with E-state index in [9.17, 15) is 4.79 Å². The van der Waals surface area contributed by atoms with Crippen LogP contribution < -0.4 is 0 Å². The summed E-state index contributed by atoms with van der Waals surface area (Å²) < 4.78 is 0. The number of nitrogens with zero attached hydrogens (tertiary/aromatic N) is 3. The standard InChI is InChI=1S/C20H27N3OS/c1-3-23(13-17-6-8-21-9-7-17)19-5-4-10-22(14-19)12-18-11-20(16(2)24)25-15-18/h6-9,11,15,19H,3-5,10,12-14H2,1-2H3. The highest BCUT2D eigenvalue weighted by molar-refractivity contribution is 7.12. The van der Waals surface area contributed by atoms with Gasteiger partial charge in [-0.15, -0.1) is 11.3 Å². The molecule has 4 nitrogen and oxygen atoms in total. The highest BCUT2D eigenvalue weighted by Gasteiger charge is 2.24. The number of piperidine rings is 1. The highest BCUT2D eigenvalue weighted by atomic mass is 32.1. The fourth-order valence-corrected chi connectivity index (χ4v) is 4.40. The second kappa shape index (κ2) is 8.70. The van der Waals surface area contributed by atoms with E-state index < -0.39 is 0 Å². The van der Waals surface area contributed by atoms with Crippen LogP contribution in [0.15, 0.2) is 36.0 Å². The third-order valence-electron chi connectivity index (χ3n) is 4.95. The molecule has 2 aromatic heterocycles. The second-order valence-corrected chi connectivity index (χ2v) is 7.74. The lowest BCUT2D eigenvalue weighted by Gasteiger charge is -2.39. The predicted octanol–water partition coefficient (Wildman–Crippen LogP) is 3.83. The topological polar surface area (TPSA) is 36.4 Å². The van der Waals surface area contributed by atoms with Gasteiger partial charge in [0.2, 0.25) is 0 Å². The summed E-state index contributed by atoms with van der Waals surface area (Å²) in [6.45, 7) is 9.15. The van der Waals surface area contributed by atoms with Crippen molar-refractivity contribution in [3.63, 3.8) is 0 Å². The van der Waals surface area contributed by atoms with E-state index in [1.165, 1.54) is 24.0 Å². The van der Waals surface area contributed by atoms with Crippen molar-refractivity contribution in [1.29, 1.82) is 0 Å². The molecule has 0 aliphatic carbocycles. The van der Waals surface area contributed by atoms with Crippen LogP contribution >= 0.6 is 11.3 Å². The summed E-state index contributed by atoms with van der Waals surface area (Å²) in [7, 11) is 0. The molecule has 2 aromatic rings. The number of carbonyl (C=O) groups excluding carboxylic acids is 1. The third kappa shape index (κ3) is 4.97. The fourth-order valence-electron chi connectivity index (χ4n) is 3.60. The lowest BCUT2D eigenvalue weighted by Crippen LogP contribution is -2.47. The normalized spacial score (nSPS) is 18.6. The molecule has 3 heterocycles. The minimum Gasteiger partial charge on any atom is -0.297 e. The number of pyridine rings is 1. The van der Waals surface area contributed by atoms with Gasteiger partial charge in [0.1, 0.15) is 0 Å². The molecule has 0 saturated carbocycles. The van der Waals surface area contributed by atoms with Gasteiger partial charge < -0.3 is 0 Å². The number of hydrogen-bond donors (Lipinski definition) is 0. The molecule has 1 saturated heterocycles. The number of ketones is 1. The Hall–Kier alpha value is -1.56. The van der Waals surface area contributed by atoms with E-state index in [0.717, 1.165) is 37.6 Å². The van der Waals surface area contributed by atoms with E-state index in [1.807, 2.05) is 12.4 Å². The van der Waals surface area contributed by atoms with Gasteiger partial charge in [-0.1, -0.05) is 6.92 Å². The molecule has 1 atom stereocenters. The Balaban J connectivity index is 1.60. The molecule has 0 spiro atoms. The second-order valence-electron chi connectivity index (χ2n) is 6.83. The van der Waals surface area contributed by atoms with Crippen LogP contribution in [0.25, 0.3) is 0 Å². The van der Waals surface area contributed by atoms with Crippen LogP contribution in [0, 0.1) is 0 Å². The Kier molecular flexibility index (Phi) is 6.34. The molecule has 1 aliphatic rings. The van der Waals surface area contributed by atoms with Crippen molar-refractivity contribution in [2.24, 2.45) is 0 Å². The first-order chi connectivity index (χ1) is 12.2. The summed E-state index contributed by atoms with van der Waals surface area (Å²) in [4.78, 5) is 21.6. The molecule has 3 rings (SSSR count). The van der Waals surface area contributed by atoms with Gasteiger partial charge in [0.25, 0.3) is 0 Å². The number of likely N-dealkylation sites (tertiary alicyclic amines) is 1. The number of carbonyl (C=O) groups is 1. The number of likely N-dealkylation sites (N-methyl/N-ethyl adjacent to an activating group) is 1.